The molecule has 2 aromatic carbocycles. The third kappa shape index (κ3) is 2.29. The van der Waals surface area contributed by atoms with Crippen LogP contribution in [-0.4, -0.2) is 16.4 Å². The predicted octanol–water partition coefficient (Wildman–Crippen LogP) is 4.85. The van der Waals surface area contributed by atoms with E-state index in [1.807, 2.05) is 0 Å². The first kappa shape index (κ1) is 14.5. The number of fused-ring (bicyclic) bond motifs is 3. The lowest BCUT2D eigenvalue weighted by Crippen LogP contribution is -2.47. The van der Waals surface area contributed by atoms with Gasteiger partial charge in [0.1, 0.15) is 0 Å². The fraction of sp³-hybridized carbons (Fsp3) is 0.333. The Morgan fingerprint density at radius 2 is 1.78 bits per heavy atom. The van der Waals surface area contributed by atoms with Crippen molar-refractivity contribution >= 4 is 10.9 Å². The van der Waals surface area contributed by atoms with Crippen molar-refractivity contribution in [2.75, 3.05) is 6.54 Å². The molecule has 0 saturated carbocycles. The van der Waals surface area contributed by atoms with Crippen LogP contribution in [0.3, 0.4) is 0 Å². The van der Waals surface area contributed by atoms with Crippen molar-refractivity contribution in [3.63, 3.8) is 0 Å². The smallest absolute Gasteiger partial charge is 0.0586 e. The number of nitrogens with zero attached hydrogens (tertiary/aromatic N) is 1. The van der Waals surface area contributed by atoms with Gasteiger partial charge in [-0.1, -0.05) is 55.5 Å². The van der Waals surface area contributed by atoms with Crippen LogP contribution in [0.15, 0.2) is 54.6 Å². The van der Waals surface area contributed by atoms with Gasteiger partial charge in [-0.15, -0.1) is 0 Å². The first-order valence-electron chi connectivity index (χ1n) is 8.61. The van der Waals surface area contributed by atoms with Gasteiger partial charge in [-0.2, -0.15) is 0 Å². The maximum absolute atomic E-state index is 3.73. The maximum Gasteiger partial charge on any atom is 0.0586 e. The zero-order valence-corrected chi connectivity index (χ0v) is 14.0. The number of para-hydroxylation sites is 1. The molecule has 1 unspecified atom stereocenters. The summed E-state index contributed by atoms with van der Waals surface area (Å²) < 4.78 is 0. The van der Waals surface area contributed by atoms with Gasteiger partial charge in [0.25, 0.3) is 0 Å². The second-order valence-electron chi connectivity index (χ2n) is 6.81. The molecule has 2 heteroatoms. The van der Waals surface area contributed by atoms with E-state index in [0.717, 1.165) is 25.9 Å². The zero-order valence-electron chi connectivity index (χ0n) is 14.0. The van der Waals surface area contributed by atoms with Gasteiger partial charge in [0.05, 0.1) is 5.54 Å². The van der Waals surface area contributed by atoms with Crippen LogP contribution in [0.1, 0.15) is 37.1 Å². The maximum atomic E-state index is 3.73. The van der Waals surface area contributed by atoms with Crippen LogP contribution in [0.4, 0.5) is 0 Å². The lowest BCUT2D eigenvalue weighted by Gasteiger charge is -2.44. The van der Waals surface area contributed by atoms with E-state index in [9.17, 15) is 0 Å². The monoisotopic (exact) mass is 304 g/mol. The van der Waals surface area contributed by atoms with Gasteiger partial charge in [0.15, 0.2) is 0 Å². The largest absolute Gasteiger partial charge is 0.357 e. The molecule has 2 nitrogen and oxygen atoms in total. The molecule has 0 bridgehead atoms. The first-order valence-corrected chi connectivity index (χ1v) is 8.61. The molecule has 0 radical (unpaired) electrons. The minimum Gasteiger partial charge on any atom is -0.357 e. The molecule has 1 aromatic heterocycles. The minimum atomic E-state index is 0.0719. The quantitative estimate of drug-likeness (QED) is 0.732. The van der Waals surface area contributed by atoms with Crippen molar-refractivity contribution in [2.24, 2.45) is 0 Å². The molecular weight excluding hydrogens is 280 g/mol. The number of hydrogen-bond donors (Lipinski definition) is 1. The lowest BCUT2D eigenvalue weighted by molar-refractivity contribution is 0.0741. The third-order valence-electron chi connectivity index (χ3n) is 5.59. The molecule has 118 valence electrons. The summed E-state index contributed by atoms with van der Waals surface area (Å²) in [6.45, 7) is 6.83. The first-order chi connectivity index (χ1) is 11.2. The van der Waals surface area contributed by atoms with E-state index < -0.39 is 0 Å². The molecule has 4 rings (SSSR count). The Hall–Kier alpha value is -2.06. The average molecular weight is 304 g/mol. The Bertz CT molecular complexity index is 818. The summed E-state index contributed by atoms with van der Waals surface area (Å²) >= 11 is 0. The van der Waals surface area contributed by atoms with Crippen molar-refractivity contribution in [3.8, 4) is 0 Å². The van der Waals surface area contributed by atoms with E-state index in [1.54, 1.807) is 0 Å². The van der Waals surface area contributed by atoms with Crippen LogP contribution >= 0.6 is 0 Å². The number of nitrogens with one attached hydrogen (secondary N) is 1. The summed E-state index contributed by atoms with van der Waals surface area (Å²) in [6, 6.07) is 19.6. The number of benzene rings is 2. The van der Waals surface area contributed by atoms with E-state index in [1.165, 1.54) is 27.7 Å². The van der Waals surface area contributed by atoms with E-state index >= 15 is 0 Å². The van der Waals surface area contributed by atoms with Gasteiger partial charge in [0.2, 0.25) is 0 Å². The summed E-state index contributed by atoms with van der Waals surface area (Å²) in [6.07, 6.45) is 2.24. The normalized spacial score (nSPS) is 21.5. The van der Waals surface area contributed by atoms with Crippen molar-refractivity contribution in [3.05, 3.63) is 71.4 Å². The van der Waals surface area contributed by atoms with Crippen LogP contribution in [-0.2, 0) is 18.5 Å². The molecule has 0 fully saturated rings. The minimum absolute atomic E-state index is 0.0719. The lowest BCUT2D eigenvalue weighted by atomic mass is 9.84. The van der Waals surface area contributed by atoms with Gasteiger partial charge in [0, 0.05) is 29.7 Å². The summed E-state index contributed by atoms with van der Waals surface area (Å²) in [5.74, 6) is 0. The highest BCUT2D eigenvalue weighted by Crippen LogP contribution is 2.41. The average Bonchev–Trinajstić information content (AvgIpc) is 2.98. The fourth-order valence-electron chi connectivity index (χ4n) is 4.03. The van der Waals surface area contributed by atoms with E-state index in [0.29, 0.717) is 0 Å². The van der Waals surface area contributed by atoms with Crippen LogP contribution in [0.5, 0.6) is 0 Å². The summed E-state index contributed by atoms with van der Waals surface area (Å²) in [7, 11) is 0. The number of hydrogen-bond acceptors (Lipinski definition) is 1. The van der Waals surface area contributed by atoms with E-state index in [4.69, 9.17) is 0 Å². The van der Waals surface area contributed by atoms with Crippen LogP contribution in [0.2, 0.25) is 0 Å². The summed E-state index contributed by atoms with van der Waals surface area (Å²) in [5, 5.41) is 1.40. The molecule has 0 amide bonds. The molecule has 0 aliphatic carbocycles. The molecule has 0 spiro atoms. The zero-order chi connectivity index (χ0) is 15.9. The fourth-order valence-corrected chi connectivity index (χ4v) is 4.03. The van der Waals surface area contributed by atoms with Crippen LogP contribution in [0.25, 0.3) is 10.9 Å². The number of aromatic amines is 1. The van der Waals surface area contributed by atoms with Crippen molar-refractivity contribution < 1.29 is 0 Å². The highest BCUT2D eigenvalue weighted by atomic mass is 15.2. The SMILES string of the molecule is CCC1(C)c2[nH]c3ccccc3c2CCN1Cc1ccccc1. The Kier molecular flexibility index (Phi) is 3.50. The Morgan fingerprint density at radius 1 is 1.04 bits per heavy atom. The van der Waals surface area contributed by atoms with Crippen molar-refractivity contribution in [1.29, 1.82) is 0 Å². The molecular formula is C21H24N2. The molecule has 3 aromatic rings. The molecule has 2 heterocycles. The summed E-state index contributed by atoms with van der Waals surface area (Å²) in [5.41, 5.74) is 5.69. The predicted molar refractivity (Wildman–Crippen MR) is 96.5 cm³/mol. The highest BCUT2D eigenvalue weighted by Gasteiger charge is 2.39. The number of rotatable bonds is 3. The molecule has 1 aliphatic heterocycles. The van der Waals surface area contributed by atoms with Crippen LogP contribution in [0, 0.1) is 0 Å². The van der Waals surface area contributed by atoms with Gasteiger partial charge in [-0.3, -0.25) is 4.90 Å². The van der Waals surface area contributed by atoms with Crippen molar-refractivity contribution in [1.82, 2.24) is 9.88 Å². The second-order valence-corrected chi connectivity index (χ2v) is 6.81. The Balaban J connectivity index is 1.77. The standard InChI is InChI=1S/C21H24N2/c1-3-21(2)20-18(17-11-7-8-12-19(17)22-20)13-14-23(21)15-16-9-5-4-6-10-16/h4-12,22H,3,13-15H2,1-2H3. The number of aromatic nitrogens is 1. The molecule has 23 heavy (non-hydrogen) atoms. The number of H-pyrrole nitrogens is 1. The third-order valence-corrected chi connectivity index (χ3v) is 5.59. The highest BCUT2D eigenvalue weighted by molar-refractivity contribution is 5.85. The van der Waals surface area contributed by atoms with Gasteiger partial charge in [-0.05, 0) is 37.0 Å². The van der Waals surface area contributed by atoms with Crippen LogP contribution < -0.4 is 0 Å². The molecule has 1 N–H and O–H groups in total. The van der Waals surface area contributed by atoms with E-state index in [2.05, 4.69) is 78.3 Å². The van der Waals surface area contributed by atoms with Gasteiger partial charge in [-0.25, -0.2) is 0 Å². The Morgan fingerprint density at radius 3 is 2.57 bits per heavy atom. The van der Waals surface area contributed by atoms with E-state index in [-0.39, 0.29) is 5.54 Å². The molecule has 1 atom stereocenters. The topological polar surface area (TPSA) is 19.0 Å². The second kappa shape index (κ2) is 5.54. The molecule has 0 saturated heterocycles. The van der Waals surface area contributed by atoms with Crippen molar-refractivity contribution in [2.45, 2.75) is 38.8 Å². The van der Waals surface area contributed by atoms with Gasteiger partial charge >= 0.3 is 0 Å². The summed E-state index contributed by atoms with van der Waals surface area (Å²) in [4.78, 5) is 6.37. The van der Waals surface area contributed by atoms with Gasteiger partial charge < -0.3 is 4.98 Å². The molecule has 1 aliphatic rings. The Labute approximate surface area is 138 Å².